The number of nitrogens with zero attached hydrogens (tertiary/aromatic N) is 1. The molecule has 5 rings (SSSR count). The standard InChI is InChI=1S/C34H37N3O6/c1-22(2)30(35)32(39)43-27-19-29(37-20-23(3)31(38)36-33(37)40)42-28(27)21-41-34(24-13-7-4-8-14-24,25-15-9-5-10-16-25)26-17-11-6-12-18-26/h4-18,20,22,27-30H,19,21,35H2,1-3H3,(H,36,38,40)/t27-,28+,29+,30-/m0/s1. The third-order valence-electron chi connectivity index (χ3n) is 7.90. The number of aromatic amines is 1. The Balaban J connectivity index is 1.54. The molecule has 224 valence electrons. The van der Waals surface area contributed by atoms with Crippen LogP contribution in [0.15, 0.2) is 107 Å². The van der Waals surface area contributed by atoms with Crippen LogP contribution >= 0.6 is 0 Å². The van der Waals surface area contributed by atoms with Crippen molar-refractivity contribution in [1.29, 1.82) is 0 Å². The first-order valence-corrected chi connectivity index (χ1v) is 14.4. The van der Waals surface area contributed by atoms with Gasteiger partial charge in [-0.2, -0.15) is 0 Å². The summed E-state index contributed by atoms with van der Waals surface area (Å²) in [6.45, 7) is 5.31. The van der Waals surface area contributed by atoms with Crippen LogP contribution in [-0.4, -0.2) is 40.4 Å². The predicted molar refractivity (Wildman–Crippen MR) is 162 cm³/mol. The van der Waals surface area contributed by atoms with Crippen molar-refractivity contribution in [2.45, 2.75) is 57.3 Å². The van der Waals surface area contributed by atoms with Gasteiger partial charge in [0.25, 0.3) is 5.56 Å². The first-order valence-electron chi connectivity index (χ1n) is 14.4. The monoisotopic (exact) mass is 583 g/mol. The average Bonchev–Trinajstić information content (AvgIpc) is 3.42. The summed E-state index contributed by atoms with van der Waals surface area (Å²) in [6, 6.07) is 28.9. The Morgan fingerprint density at radius 1 is 0.953 bits per heavy atom. The van der Waals surface area contributed by atoms with Crippen LogP contribution in [0.1, 0.15) is 48.8 Å². The van der Waals surface area contributed by atoms with Gasteiger partial charge in [-0.25, -0.2) is 4.79 Å². The van der Waals surface area contributed by atoms with E-state index in [0.717, 1.165) is 16.7 Å². The van der Waals surface area contributed by atoms with Gasteiger partial charge in [0.05, 0.1) is 6.61 Å². The van der Waals surface area contributed by atoms with E-state index in [4.69, 9.17) is 19.9 Å². The Morgan fingerprint density at radius 2 is 1.47 bits per heavy atom. The molecule has 0 saturated carbocycles. The third kappa shape index (κ3) is 6.24. The fourth-order valence-corrected chi connectivity index (χ4v) is 5.42. The third-order valence-corrected chi connectivity index (χ3v) is 7.90. The molecule has 1 saturated heterocycles. The van der Waals surface area contributed by atoms with Gasteiger partial charge in [-0.15, -0.1) is 0 Å². The van der Waals surface area contributed by atoms with Gasteiger partial charge in [-0.05, 0) is 29.5 Å². The van der Waals surface area contributed by atoms with E-state index in [-0.39, 0.29) is 18.9 Å². The van der Waals surface area contributed by atoms with E-state index in [1.165, 1.54) is 10.8 Å². The van der Waals surface area contributed by atoms with Gasteiger partial charge in [0.15, 0.2) is 0 Å². The minimum atomic E-state index is -1.03. The van der Waals surface area contributed by atoms with Crippen LogP contribution in [0.3, 0.4) is 0 Å². The number of nitrogens with one attached hydrogen (secondary N) is 1. The molecule has 0 unspecified atom stereocenters. The van der Waals surface area contributed by atoms with E-state index in [2.05, 4.69) is 4.98 Å². The molecule has 9 heteroatoms. The molecular weight excluding hydrogens is 546 g/mol. The molecular formula is C34H37N3O6. The lowest BCUT2D eigenvalue weighted by Gasteiger charge is -2.37. The van der Waals surface area contributed by atoms with Crippen LogP contribution in [0.5, 0.6) is 0 Å². The number of carbonyl (C=O) groups excluding carboxylic acids is 1. The van der Waals surface area contributed by atoms with Crippen molar-refractivity contribution in [3.63, 3.8) is 0 Å². The number of hydrogen-bond acceptors (Lipinski definition) is 7. The normalized spacial score (nSPS) is 19.3. The van der Waals surface area contributed by atoms with Gasteiger partial charge in [-0.3, -0.25) is 19.1 Å². The molecule has 0 bridgehead atoms. The number of nitrogens with two attached hydrogens (primary N) is 1. The Morgan fingerprint density at radius 3 is 1.95 bits per heavy atom. The summed E-state index contributed by atoms with van der Waals surface area (Å²) in [6.07, 6.45) is -0.685. The van der Waals surface area contributed by atoms with Crippen LogP contribution in [0.25, 0.3) is 0 Å². The highest BCUT2D eigenvalue weighted by Crippen LogP contribution is 2.42. The Labute approximate surface area is 250 Å². The van der Waals surface area contributed by atoms with Crippen LogP contribution < -0.4 is 17.0 Å². The van der Waals surface area contributed by atoms with Gasteiger partial charge in [0, 0.05) is 18.2 Å². The van der Waals surface area contributed by atoms with E-state index >= 15 is 0 Å². The zero-order valence-corrected chi connectivity index (χ0v) is 24.5. The molecule has 0 aliphatic carbocycles. The number of carbonyl (C=O) groups is 1. The maximum Gasteiger partial charge on any atom is 0.330 e. The summed E-state index contributed by atoms with van der Waals surface area (Å²) in [7, 11) is 0. The second-order valence-electron chi connectivity index (χ2n) is 11.2. The highest BCUT2D eigenvalue weighted by molar-refractivity contribution is 5.76. The molecule has 1 aliphatic rings. The zero-order chi connectivity index (χ0) is 30.6. The lowest BCUT2D eigenvalue weighted by atomic mass is 9.80. The first kappa shape index (κ1) is 30.2. The molecule has 3 N–H and O–H groups in total. The highest BCUT2D eigenvalue weighted by Gasteiger charge is 2.44. The minimum absolute atomic E-state index is 0.0150. The van der Waals surface area contributed by atoms with E-state index in [9.17, 15) is 14.4 Å². The van der Waals surface area contributed by atoms with Gasteiger partial charge in [-0.1, -0.05) is 105 Å². The summed E-state index contributed by atoms with van der Waals surface area (Å²) in [5, 5.41) is 0. The number of ether oxygens (including phenoxy) is 3. The smallest absolute Gasteiger partial charge is 0.330 e. The van der Waals surface area contributed by atoms with Crippen LogP contribution in [0.2, 0.25) is 0 Å². The van der Waals surface area contributed by atoms with Crippen molar-refractivity contribution in [1.82, 2.24) is 9.55 Å². The molecule has 0 radical (unpaired) electrons. The number of benzene rings is 3. The van der Waals surface area contributed by atoms with Crippen LogP contribution in [0.4, 0.5) is 0 Å². The lowest BCUT2D eigenvalue weighted by Crippen LogP contribution is -2.43. The molecule has 1 aliphatic heterocycles. The summed E-state index contributed by atoms with van der Waals surface area (Å²) in [5.41, 5.74) is 7.09. The summed E-state index contributed by atoms with van der Waals surface area (Å²) in [5.74, 6) is -0.689. The molecule has 4 atom stereocenters. The fourth-order valence-electron chi connectivity index (χ4n) is 5.42. The molecule has 4 aromatic rings. The zero-order valence-electron chi connectivity index (χ0n) is 24.5. The molecule has 43 heavy (non-hydrogen) atoms. The van der Waals surface area contributed by atoms with Crippen molar-refractivity contribution in [2.24, 2.45) is 11.7 Å². The second-order valence-corrected chi connectivity index (χ2v) is 11.2. The van der Waals surface area contributed by atoms with Crippen molar-refractivity contribution in [2.75, 3.05) is 6.61 Å². The number of aryl methyl sites for hydroxylation is 1. The maximum absolute atomic E-state index is 13.0. The number of H-pyrrole nitrogens is 1. The van der Waals surface area contributed by atoms with Gasteiger partial charge < -0.3 is 19.9 Å². The average molecular weight is 584 g/mol. The Hall–Kier alpha value is -4.31. The van der Waals surface area contributed by atoms with Crippen molar-refractivity contribution in [3.05, 3.63) is 140 Å². The van der Waals surface area contributed by atoms with Crippen molar-refractivity contribution < 1.29 is 19.0 Å². The van der Waals surface area contributed by atoms with Crippen molar-refractivity contribution >= 4 is 5.97 Å². The van der Waals surface area contributed by atoms with E-state index < -0.39 is 47.3 Å². The Kier molecular flexibility index (Phi) is 9.05. The highest BCUT2D eigenvalue weighted by atomic mass is 16.6. The SMILES string of the molecule is Cc1cn([C@H]2C[C@H](OC(=O)[C@@H](N)C(C)C)[C@@H](COC(c3ccccc3)(c3ccccc3)c3ccccc3)O2)c(=O)[nH]c1=O. The molecule has 2 heterocycles. The topological polar surface area (TPSA) is 126 Å². The molecule has 9 nitrogen and oxygen atoms in total. The van der Waals surface area contributed by atoms with Crippen LogP contribution in [-0.2, 0) is 24.6 Å². The summed E-state index contributed by atoms with van der Waals surface area (Å²) in [4.78, 5) is 40.1. The molecule has 0 amide bonds. The van der Waals surface area contributed by atoms with Crippen LogP contribution in [0, 0.1) is 12.8 Å². The molecule has 1 aromatic heterocycles. The molecule has 1 fully saturated rings. The molecule has 0 spiro atoms. The number of hydrogen-bond donors (Lipinski definition) is 2. The second kappa shape index (κ2) is 12.9. The predicted octanol–water partition coefficient (Wildman–Crippen LogP) is 4.04. The van der Waals surface area contributed by atoms with Gasteiger partial charge in [0.1, 0.15) is 30.1 Å². The molecule has 3 aromatic carbocycles. The quantitative estimate of drug-likeness (QED) is 0.213. The van der Waals surface area contributed by atoms with E-state index in [1.807, 2.05) is 105 Å². The first-order chi connectivity index (χ1) is 20.7. The van der Waals surface area contributed by atoms with E-state index in [1.54, 1.807) is 6.92 Å². The summed E-state index contributed by atoms with van der Waals surface area (Å²) < 4.78 is 20.6. The number of rotatable bonds is 10. The number of aromatic nitrogens is 2. The largest absolute Gasteiger partial charge is 0.458 e. The lowest BCUT2D eigenvalue weighted by molar-refractivity contribution is -0.158. The maximum atomic E-state index is 13.0. The van der Waals surface area contributed by atoms with Gasteiger partial charge in [0.2, 0.25) is 0 Å². The Bertz CT molecular complexity index is 1540. The summed E-state index contributed by atoms with van der Waals surface area (Å²) >= 11 is 0. The van der Waals surface area contributed by atoms with Gasteiger partial charge >= 0.3 is 11.7 Å². The fraction of sp³-hybridized carbons (Fsp3) is 0.324. The number of esters is 1. The van der Waals surface area contributed by atoms with E-state index in [0.29, 0.717) is 5.56 Å². The van der Waals surface area contributed by atoms with Crippen molar-refractivity contribution in [3.8, 4) is 0 Å². The minimum Gasteiger partial charge on any atom is -0.458 e.